The van der Waals surface area contributed by atoms with Gasteiger partial charge in [0.2, 0.25) is 35.4 Å². The second-order valence-corrected chi connectivity index (χ2v) is 15.7. The third kappa shape index (κ3) is 16.0. The molecule has 22 heteroatoms. The number of guanidine groups is 1. The first-order valence-corrected chi connectivity index (χ1v) is 20.7. The number of hydrogen-bond donors (Lipinski definition) is 12. The lowest BCUT2D eigenvalue weighted by Crippen LogP contribution is -2.60. The number of nitrogens with zero attached hydrogens (tertiary/aromatic N) is 3. The molecule has 62 heavy (non-hydrogen) atoms. The molecule has 0 radical (unpaired) electrons. The third-order valence-electron chi connectivity index (χ3n) is 10.3. The minimum Gasteiger partial charge on any atom is -0.508 e. The highest BCUT2D eigenvalue weighted by molar-refractivity contribution is 5.97. The Morgan fingerprint density at radius 2 is 1.52 bits per heavy atom. The van der Waals surface area contributed by atoms with E-state index >= 15 is 0 Å². The fourth-order valence-electron chi connectivity index (χ4n) is 6.78. The Kier molecular flexibility index (Phi) is 20.1. The highest BCUT2D eigenvalue weighted by atomic mass is 16.4. The topological polar surface area (TPSA) is 368 Å². The molecule has 22 nitrogen and oxygen atoms in total. The Balaban J connectivity index is 1.88. The highest BCUT2D eigenvalue weighted by Gasteiger charge is 2.40. The number of benzene rings is 1. The molecule has 0 bridgehead atoms. The number of unbranched alkanes of at least 4 members (excludes halogenated alkanes) is 1. The van der Waals surface area contributed by atoms with Crippen LogP contribution in [0, 0.1) is 5.92 Å². The number of aliphatic carboxylic acids is 1. The average molecular weight is 870 g/mol. The van der Waals surface area contributed by atoms with E-state index in [1.807, 2.05) is 0 Å². The van der Waals surface area contributed by atoms with Crippen LogP contribution in [0.1, 0.15) is 77.0 Å². The number of aliphatic imine (C=N–C) groups is 1. The molecule has 2 heterocycles. The van der Waals surface area contributed by atoms with Gasteiger partial charge in [-0.15, -0.1) is 0 Å². The molecule has 7 atom stereocenters. The minimum absolute atomic E-state index is 0.0254. The van der Waals surface area contributed by atoms with Crippen LogP contribution in [0.5, 0.6) is 5.75 Å². The highest BCUT2D eigenvalue weighted by Crippen LogP contribution is 2.20. The van der Waals surface area contributed by atoms with Crippen LogP contribution in [0.3, 0.4) is 0 Å². The number of phenols is 1. The number of likely N-dealkylation sites (tertiary alicyclic amines) is 1. The second kappa shape index (κ2) is 24.8. The molecule has 0 spiro atoms. The minimum atomic E-state index is -1.30. The third-order valence-corrected chi connectivity index (χ3v) is 10.3. The summed E-state index contributed by atoms with van der Waals surface area (Å²) in [5.41, 5.74) is 23.6. The number of phenolic OH excluding ortho intramolecular Hbond substituents is 1. The summed E-state index contributed by atoms with van der Waals surface area (Å²) in [5, 5.41) is 32.6. The molecule has 0 saturated carbocycles. The molecule has 0 unspecified atom stereocenters. The van der Waals surface area contributed by atoms with E-state index < -0.39 is 89.6 Å². The molecule has 1 fully saturated rings. The van der Waals surface area contributed by atoms with Gasteiger partial charge >= 0.3 is 5.97 Å². The number of aromatic hydroxyl groups is 1. The van der Waals surface area contributed by atoms with E-state index in [2.05, 4.69) is 41.5 Å². The lowest BCUT2D eigenvalue weighted by molar-refractivity contribution is -0.144. The summed E-state index contributed by atoms with van der Waals surface area (Å²) in [6, 6.07) is -2.12. The van der Waals surface area contributed by atoms with Crippen molar-refractivity contribution in [2.24, 2.45) is 33.8 Å². The molecule has 1 aliphatic heterocycles. The normalized spacial score (nSPS) is 16.5. The van der Waals surface area contributed by atoms with Gasteiger partial charge in [-0.25, -0.2) is 4.98 Å². The predicted octanol–water partition coefficient (Wildman–Crippen LogP) is -2.41. The van der Waals surface area contributed by atoms with Gasteiger partial charge in [0.25, 0.3) is 0 Å². The summed E-state index contributed by atoms with van der Waals surface area (Å²) < 4.78 is 0. The maximum atomic E-state index is 14.3. The maximum absolute atomic E-state index is 14.3. The Labute approximate surface area is 360 Å². The Morgan fingerprint density at radius 3 is 2.13 bits per heavy atom. The van der Waals surface area contributed by atoms with E-state index in [1.165, 1.54) is 36.5 Å². The van der Waals surface area contributed by atoms with E-state index in [4.69, 9.17) is 22.9 Å². The number of rotatable bonds is 25. The fraction of sp³-hybridized carbons (Fsp3) is 0.575. The quantitative estimate of drug-likeness (QED) is 0.0281. The summed E-state index contributed by atoms with van der Waals surface area (Å²) in [6.45, 7) is 5.44. The van der Waals surface area contributed by atoms with Crippen LogP contribution >= 0.6 is 0 Å². The molecule has 1 aromatic heterocycles. The maximum Gasteiger partial charge on any atom is 0.325 e. The van der Waals surface area contributed by atoms with Gasteiger partial charge in [-0.2, -0.15) is 0 Å². The number of carboxylic acids is 1. The number of nitrogens with one attached hydrogen (secondary N) is 6. The second-order valence-electron chi connectivity index (χ2n) is 15.7. The monoisotopic (exact) mass is 869 g/mol. The van der Waals surface area contributed by atoms with Crippen LogP contribution in [0.15, 0.2) is 41.8 Å². The van der Waals surface area contributed by atoms with Gasteiger partial charge in [0, 0.05) is 37.8 Å². The summed E-state index contributed by atoms with van der Waals surface area (Å²) in [5.74, 6) is -5.86. The van der Waals surface area contributed by atoms with Crippen LogP contribution in [0.25, 0.3) is 0 Å². The van der Waals surface area contributed by atoms with Crippen molar-refractivity contribution < 1.29 is 43.8 Å². The van der Waals surface area contributed by atoms with E-state index in [9.17, 15) is 43.8 Å². The number of carboxylic acid groups (broad SMARTS) is 1. The molecule has 1 aliphatic rings. The number of aromatic amines is 1. The number of nitrogens with two attached hydrogens (primary N) is 4. The molecule has 3 rings (SSSR count). The molecule has 0 aliphatic carbocycles. The smallest absolute Gasteiger partial charge is 0.325 e. The van der Waals surface area contributed by atoms with E-state index in [1.54, 1.807) is 26.0 Å². The van der Waals surface area contributed by atoms with Crippen LogP contribution in [0.2, 0.25) is 0 Å². The molecular weight excluding hydrogens is 807 g/mol. The molecule has 1 saturated heterocycles. The van der Waals surface area contributed by atoms with Gasteiger partial charge in [0.1, 0.15) is 42.0 Å². The number of H-pyrrole nitrogens is 1. The Morgan fingerprint density at radius 1 is 0.855 bits per heavy atom. The summed E-state index contributed by atoms with van der Waals surface area (Å²) in [6.07, 6.45) is 5.07. The van der Waals surface area contributed by atoms with Crippen molar-refractivity contribution in [3.05, 3.63) is 48.0 Å². The van der Waals surface area contributed by atoms with Gasteiger partial charge in [-0.05, 0) is 82.0 Å². The lowest BCUT2D eigenvalue weighted by Gasteiger charge is -2.30. The Hall–Kier alpha value is -6.29. The van der Waals surface area contributed by atoms with Crippen molar-refractivity contribution in [2.45, 2.75) is 121 Å². The number of carbonyl (C=O) groups is 7. The zero-order chi connectivity index (χ0) is 45.9. The van der Waals surface area contributed by atoms with Crippen molar-refractivity contribution >= 4 is 47.4 Å². The van der Waals surface area contributed by atoms with E-state index in [0.29, 0.717) is 43.5 Å². The van der Waals surface area contributed by atoms with E-state index in [-0.39, 0.29) is 56.9 Å². The SMILES string of the molecule is CC(C)[C@H](NC(=O)[C@@H](N)CCCN=C(N)N)C(=O)N[C@@H](Cc1ccc(O)cc1)C(=O)N[C@@H](CCCCN)C(=O)N[C@@H](Cc1cnc[nH]1)C(=O)N1CCC[C@H]1C(=O)N[C@@H](C)C(=O)O. The molecule has 342 valence electrons. The fourth-order valence-corrected chi connectivity index (χ4v) is 6.78. The first-order chi connectivity index (χ1) is 29.4. The zero-order valence-corrected chi connectivity index (χ0v) is 35.5. The molecule has 2 aromatic rings. The van der Waals surface area contributed by atoms with Crippen LogP contribution in [-0.4, -0.2) is 134 Å². The molecule has 16 N–H and O–H groups in total. The van der Waals surface area contributed by atoms with Crippen molar-refractivity contribution in [3.63, 3.8) is 0 Å². The van der Waals surface area contributed by atoms with Gasteiger partial charge in [-0.1, -0.05) is 26.0 Å². The molecular formula is C40H63N13O9. The van der Waals surface area contributed by atoms with Crippen LogP contribution in [0.4, 0.5) is 0 Å². The van der Waals surface area contributed by atoms with Crippen molar-refractivity contribution in [1.29, 1.82) is 0 Å². The summed E-state index contributed by atoms with van der Waals surface area (Å²) in [7, 11) is 0. The first kappa shape index (κ1) is 50.1. The number of carbonyl (C=O) groups excluding carboxylic acids is 6. The lowest BCUT2D eigenvalue weighted by atomic mass is 9.99. The average Bonchev–Trinajstić information content (AvgIpc) is 3.94. The van der Waals surface area contributed by atoms with Gasteiger partial charge in [-0.3, -0.25) is 38.6 Å². The number of aromatic nitrogens is 2. The van der Waals surface area contributed by atoms with Gasteiger partial charge in [0.15, 0.2) is 5.96 Å². The number of imidazole rings is 1. The van der Waals surface area contributed by atoms with Crippen molar-refractivity contribution in [2.75, 3.05) is 19.6 Å². The molecule has 6 amide bonds. The van der Waals surface area contributed by atoms with Crippen molar-refractivity contribution in [1.82, 2.24) is 41.5 Å². The van der Waals surface area contributed by atoms with Crippen LogP contribution in [-0.2, 0) is 46.4 Å². The van der Waals surface area contributed by atoms with Gasteiger partial charge < -0.3 is 69.6 Å². The number of hydrogen-bond acceptors (Lipinski definition) is 12. The predicted molar refractivity (Wildman–Crippen MR) is 227 cm³/mol. The Bertz CT molecular complexity index is 1840. The first-order valence-electron chi connectivity index (χ1n) is 20.7. The largest absolute Gasteiger partial charge is 0.508 e. The standard InChI is InChI=1S/C40H63N13O9/c1-22(2)32(52-33(55)27(42)8-6-16-46-40(43)44)37(59)50-29(18-24-11-13-26(54)14-12-24)35(57)49-28(9-4-5-15-41)34(56)51-30(19-25-20-45-21-47-25)38(60)53-17-7-10-31(53)36(58)48-23(3)39(61)62/h11-14,20-23,27-32,54H,4-10,15-19,41-42H2,1-3H3,(H,45,47)(H,48,58)(H,49,57)(H,50,59)(H,51,56)(H,52,55)(H,61,62)(H4,43,44,46)/t23-,27-,28-,29-,30-,31-,32-/m0/s1. The van der Waals surface area contributed by atoms with E-state index in [0.717, 1.165) is 0 Å². The van der Waals surface area contributed by atoms with Crippen molar-refractivity contribution in [3.8, 4) is 5.75 Å². The zero-order valence-electron chi connectivity index (χ0n) is 35.5. The molecule has 1 aromatic carbocycles. The van der Waals surface area contributed by atoms with Gasteiger partial charge in [0.05, 0.1) is 12.4 Å². The summed E-state index contributed by atoms with van der Waals surface area (Å²) in [4.78, 5) is 106. The number of amides is 6. The summed E-state index contributed by atoms with van der Waals surface area (Å²) >= 11 is 0. The van der Waals surface area contributed by atoms with Crippen LogP contribution < -0.4 is 49.5 Å².